The van der Waals surface area contributed by atoms with E-state index in [0.717, 1.165) is 40.3 Å². The van der Waals surface area contributed by atoms with Crippen LogP contribution >= 0.6 is 0 Å². The number of anilines is 1. The highest BCUT2D eigenvalue weighted by molar-refractivity contribution is 5.96. The van der Waals surface area contributed by atoms with Crippen molar-refractivity contribution in [2.45, 2.75) is 40.7 Å². The van der Waals surface area contributed by atoms with Crippen LogP contribution in [0.5, 0.6) is 0 Å². The van der Waals surface area contributed by atoms with Gasteiger partial charge < -0.3 is 5.32 Å². The molecule has 0 radical (unpaired) electrons. The van der Waals surface area contributed by atoms with Crippen molar-refractivity contribution in [1.82, 2.24) is 9.78 Å². The van der Waals surface area contributed by atoms with Crippen LogP contribution in [0.15, 0.2) is 54.6 Å². The molecule has 0 fully saturated rings. The minimum absolute atomic E-state index is 0.0197. The fraction of sp³-hybridized carbons (Fsp3) is 0.304. The van der Waals surface area contributed by atoms with E-state index in [1.54, 1.807) is 0 Å². The van der Waals surface area contributed by atoms with Crippen LogP contribution in [-0.4, -0.2) is 15.7 Å². The Hall–Kier alpha value is -2.88. The van der Waals surface area contributed by atoms with Crippen LogP contribution in [0.3, 0.4) is 0 Å². The molecule has 2 aromatic carbocycles. The predicted octanol–water partition coefficient (Wildman–Crippen LogP) is 5.00. The molecule has 1 aromatic heterocycles. The Morgan fingerprint density at radius 3 is 2.41 bits per heavy atom. The van der Waals surface area contributed by atoms with E-state index >= 15 is 0 Å². The SMILES string of the molecule is Cc1nn(CC(C)C)c(C)c1CC(=O)Nc1ccccc1-c1ccccc1. The van der Waals surface area contributed by atoms with Crippen LogP contribution in [0.1, 0.15) is 30.8 Å². The van der Waals surface area contributed by atoms with E-state index in [1.165, 1.54) is 0 Å². The monoisotopic (exact) mass is 361 g/mol. The molecule has 4 nitrogen and oxygen atoms in total. The summed E-state index contributed by atoms with van der Waals surface area (Å²) in [7, 11) is 0. The Balaban J connectivity index is 1.79. The zero-order chi connectivity index (χ0) is 19.4. The standard InChI is InChI=1S/C23H27N3O/c1-16(2)15-26-18(4)21(17(3)25-26)14-23(27)24-22-13-9-8-12-20(22)19-10-6-5-7-11-19/h5-13,16H,14-15H2,1-4H3,(H,24,27). The van der Waals surface area contributed by atoms with Gasteiger partial charge in [0.1, 0.15) is 0 Å². The zero-order valence-corrected chi connectivity index (χ0v) is 16.5. The van der Waals surface area contributed by atoms with Crippen molar-refractivity contribution in [3.63, 3.8) is 0 Å². The van der Waals surface area contributed by atoms with E-state index in [2.05, 4.69) is 36.4 Å². The van der Waals surface area contributed by atoms with Gasteiger partial charge >= 0.3 is 0 Å². The number of benzene rings is 2. The van der Waals surface area contributed by atoms with Gasteiger partial charge in [-0.2, -0.15) is 5.10 Å². The molecule has 0 aliphatic heterocycles. The molecule has 3 aromatic rings. The Labute approximate surface area is 161 Å². The molecule has 140 valence electrons. The van der Waals surface area contributed by atoms with Crippen molar-refractivity contribution in [2.75, 3.05) is 5.32 Å². The van der Waals surface area contributed by atoms with E-state index in [4.69, 9.17) is 0 Å². The smallest absolute Gasteiger partial charge is 0.228 e. The first-order valence-electron chi connectivity index (χ1n) is 9.43. The van der Waals surface area contributed by atoms with Crippen molar-refractivity contribution in [3.8, 4) is 11.1 Å². The molecule has 1 amide bonds. The van der Waals surface area contributed by atoms with Gasteiger partial charge in [-0.1, -0.05) is 62.4 Å². The van der Waals surface area contributed by atoms with Crippen LogP contribution in [0, 0.1) is 19.8 Å². The molecule has 4 heteroatoms. The highest BCUT2D eigenvalue weighted by Crippen LogP contribution is 2.27. The van der Waals surface area contributed by atoms with Crippen LogP contribution in [0.2, 0.25) is 0 Å². The average molecular weight is 361 g/mol. The van der Waals surface area contributed by atoms with Gasteiger partial charge in [0.05, 0.1) is 12.1 Å². The number of carbonyl (C=O) groups is 1. The fourth-order valence-corrected chi connectivity index (χ4v) is 3.33. The summed E-state index contributed by atoms with van der Waals surface area (Å²) in [4.78, 5) is 12.8. The molecule has 0 bridgehead atoms. The number of hydrogen-bond acceptors (Lipinski definition) is 2. The second-order valence-corrected chi connectivity index (χ2v) is 7.36. The Morgan fingerprint density at radius 1 is 1.04 bits per heavy atom. The van der Waals surface area contributed by atoms with Crippen molar-refractivity contribution in [2.24, 2.45) is 5.92 Å². The zero-order valence-electron chi connectivity index (χ0n) is 16.5. The summed E-state index contributed by atoms with van der Waals surface area (Å²) in [6.07, 6.45) is 0.332. The molecule has 0 unspecified atom stereocenters. The van der Waals surface area contributed by atoms with Crippen molar-refractivity contribution in [1.29, 1.82) is 0 Å². The largest absolute Gasteiger partial charge is 0.325 e. The lowest BCUT2D eigenvalue weighted by Gasteiger charge is -2.12. The summed E-state index contributed by atoms with van der Waals surface area (Å²) in [6.45, 7) is 9.23. The first kappa shape index (κ1) is 18.9. The highest BCUT2D eigenvalue weighted by atomic mass is 16.1. The van der Waals surface area contributed by atoms with Crippen LogP contribution in [0.4, 0.5) is 5.69 Å². The molecular weight excluding hydrogens is 334 g/mol. The van der Waals surface area contributed by atoms with Gasteiger partial charge in [0.25, 0.3) is 0 Å². The van der Waals surface area contributed by atoms with Gasteiger partial charge in [-0.25, -0.2) is 0 Å². The van der Waals surface area contributed by atoms with Gasteiger partial charge in [0.2, 0.25) is 5.91 Å². The highest BCUT2D eigenvalue weighted by Gasteiger charge is 2.16. The second-order valence-electron chi connectivity index (χ2n) is 7.36. The summed E-state index contributed by atoms with van der Waals surface area (Å²) in [5.74, 6) is 0.496. The molecule has 0 aliphatic carbocycles. The van der Waals surface area contributed by atoms with Gasteiger partial charge in [-0.15, -0.1) is 0 Å². The summed E-state index contributed by atoms with van der Waals surface area (Å²) in [5.41, 5.74) is 5.97. The maximum absolute atomic E-state index is 12.8. The minimum Gasteiger partial charge on any atom is -0.325 e. The minimum atomic E-state index is -0.0197. The average Bonchev–Trinajstić information content (AvgIpc) is 2.90. The number of para-hydroxylation sites is 1. The number of nitrogens with one attached hydrogen (secondary N) is 1. The molecule has 0 saturated carbocycles. The van der Waals surface area contributed by atoms with E-state index in [0.29, 0.717) is 12.3 Å². The fourth-order valence-electron chi connectivity index (χ4n) is 3.33. The predicted molar refractivity (Wildman–Crippen MR) is 111 cm³/mol. The van der Waals surface area contributed by atoms with E-state index in [-0.39, 0.29) is 5.91 Å². The maximum Gasteiger partial charge on any atom is 0.228 e. The van der Waals surface area contributed by atoms with E-state index in [9.17, 15) is 4.79 Å². The van der Waals surface area contributed by atoms with Crippen LogP contribution < -0.4 is 5.32 Å². The Morgan fingerprint density at radius 2 is 1.70 bits per heavy atom. The van der Waals surface area contributed by atoms with Crippen LogP contribution in [0.25, 0.3) is 11.1 Å². The third kappa shape index (κ3) is 4.45. The van der Waals surface area contributed by atoms with E-state index < -0.39 is 0 Å². The van der Waals surface area contributed by atoms with Gasteiger partial charge in [0, 0.05) is 29.1 Å². The number of rotatable bonds is 6. The number of amides is 1. The lowest BCUT2D eigenvalue weighted by Crippen LogP contribution is -2.16. The quantitative estimate of drug-likeness (QED) is 0.671. The Kier molecular flexibility index (Phi) is 5.75. The molecule has 27 heavy (non-hydrogen) atoms. The number of nitrogens with zero attached hydrogens (tertiary/aromatic N) is 2. The topological polar surface area (TPSA) is 46.9 Å². The molecule has 1 N–H and O–H groups in total. The molecule has 0 spiro atoms. The molecule has 0 atom stereocenters. The first-order valence-corrected chi connectivity index (χ1v) is 9.43. The molecular formula is C23H27N3O. The first-order chi connectivity index (χ1) is 13.0. The molecule has 0 saturated heterocycles. The third-order valence-corrected chi connectivity index (χ3v) is 4.69. The van der Waals surface area contributed by atoms with Gasteiger partial charge in [-0.05, 0) is 31.4 Å². The van der Waals surface area contributed by atoms with Crippen LogP contribution in [-0.2, 0) is 17.8 Å². The summed E-state index contributed by atoms with van der Waals surface area (Å²) in [6, 6.07) is 18.0. The maximum atomic E-state index is 12.8. The van der Waals surface area contributed by atoms with Gasteiger partial charge in [-0.3, -0.25) is 9.48 Å². The summed E-state index contributed by atoms with van der Waals surface area (Å²) < 4.78 is 2.01. The summed E-state index contributed by atoms with van der Waals surface area (Å²) >= 11 is 0. The number of carbonyl (C=O) groups excluding carboxylic acids is 1. The molecule has 1 heterocycles. The van der Waals surface area contributed by atoms with Crippen molar-refractivity contribution < 1.29 is 4.79 Å². The lowest BCUT2D eigenvalue weighted by molar-refractivity contribution is -0.115. The van der Waals surface area contributed by atoms with Crippen molar-refractivity contribution >= 4 is 11.6 Å². The Bertz CT molecular complexity index is 926. The number of hydrogen-bond donors (Lipinski definition) is 1. The van der Waals surface area contributed by atoms with Crippen molar-refractivity contribution in [3.05, 3.63) is 71.5 Å². The molecule has 3 rings (SSSR count). The number of aromatic nitrogens is 2. The van der Waals surface area contributed by atoms with Gasteiger partial charge in [0.15, 0.2) is 0 Å². The normalized spacial score (nSPS) is 11.0. The molecule has 0 aliphatic rings. The van der Waals surface area contributed by atoms with E-state index in [1.807, 2.05) is 61.0 Å². The lowest BCUT2D eigenvalue weighted by atomic mass is 10.0. The number of aryl methyl sites for hydroxylation is 1. The summed E-state index contributed by atoms with van der Waals surface area (Å²) in [5, 5.41) is 7.70. The second kappa shape index (κ2) is 8.21. The third-order valence-electron chi connectivity index (χ3n) is 4.69.